The maximum absolute atomic E-state index is 13.5. The quantitative estimate of drug-likeness (QED) is 0.640. The standard InChI is InChI=1S/C11H6ClFN2/c1-6-7(5-14)11(12)15-9-4-2-3-8(13)10(6)9/h2-4H,1H3. The number of nitriles is 1. The highest BCUT2D eigenvalue weighted by Gasteiger charge is 2.12. The molecule has 0 spiro atoms. The Labute approximate surface area is 90.9 Å². The fourth-order valence-electron chi connectivity index (χ4n) is 1.55. The number of rotatable bonds is 0. The smallest absolute Gasteiger partial charge is 0.147 e. The van der Waals surface area contributed by atoms with E-state index in [1.54, 1.807) is 19.1 Å². The minimum Gasteiger partial charge on any atom is -0.235 e. The molecule has 0 radical (unpaired) electrons. The second-order valence-electron chi connectivity index (χ2n) is 3.15. The van der Waals surface area contributed by atoms with E-state index in [9.17, 15) is 4.39 Å². The van der Waals surface area contributed by atoms with Crippen LogP contribution in [0, 0.1) is 24.1 Å². The Hall–Kier alpha value is -1.66. The van der Waals surface area contributed by atoms with E-state index in [1.165, 1.54) is 6.07 Å². The van der Waals surface area contributed by atoms with E-state index in [2.05, 4.69) is 4.98 Å². The van der Waals surface area contributed by atoms with Gasteiger partial charge in [-0.25, -0.2) is 9.37 Å². The molecule has 0 N–H and O–H groups in total. The van der Waals surface area contributed by atoms with Gasteiger partial charge < -0.3 is 0 Å². The van der Waals surface area contributed by atoms with E-state index < -0.39 is 0 Å². The monoisotopic (exact) mass is 220 g/mol. The summed E-state index contributed by atoms with van der Waals surface area (Å²) >= 11 is 5.80. The van der Waals surface area contributed by atoms with Crippen LogP contribution < -0.4 is 0 Å². The van der Waals surface area contributed by atoms with Gasteiger partial charge in [-0.2, -0.15) is 5.26 Å². The molecule has 0 aliphatic carbocycles. The van der Waals surface area contributed by atoms with Gasteiger partial charge in [-0.3, -0.25) is 0 Å². The molecule has 2 nitrogen and oxygen atoms in total. The predicted octanol–water partition coefficient (Wildman–Crippen LogP) is 3.21. The van der Waals surface area contributed by atoms with E-state index >= 15 is 0 Å². The number of aryl methyl sites for hydroxylation is 1. The molecule has 74 valence electrons. The summed E-state index contributed by atoms with van der Waals surface area (Å²) in [7, 11) is 0. The highest BCUT2D eigenvalue weighted by Crippen LogP contribution is 2.26. The van der Waals surface area contributed by atoms with Crippen molar-refractivity contribution in [2.75, 3.05) is 0 Å². The number of hydrogen-bond acceptors (Lipinski definition) is 2. The highest BCUT2D eigenvalue weighted by atomic mass is 35.5. The summed E-state index contributed by atoms with van der Waals surface area (Å²) in [5.74, 6) is -0.384. The van der Waals surface area contributed by atoms with Crippen LogP contribution in [0.2, 0.25) is 5.15 Å². The van der Waals surface area contributed by atoms with Crippen molar-refractivity contribution in [2.45, 2.75) is 6.92 Å². The van der Waals surface area contributed by atoms with Crippen LogP contribution >= 0.6 is 11.6 Å². The van der Waals surface area contributed by atoms with Gasteiger partial charge in [0.25, 0.3) is 0 Å². The molecule has 0 atom stereocenters. The third-order valence-electron chi connectivity index (χ3n) is 2.28. The second kappa shape index (κ2) is 3.48. The average molecular weight is 221 g/mol. The second-order valence-corrected chi connectivity index (χ2v) is 3.51. The van der Waals surface area contributed by atoms with Crippen molar-refractivity contribution in [3.05, 3.63) is 40.3 Å². The van der Waals surface area contributed by atoms with Crippen molar-refractivity contribution in [2.24, 2.45) is 0 Å². The van der Waals surface area contributed by atoms with Crippen molar-refractivity contribution in [1.82, 2.24) is 4.98 Å². The van der Waals surface area contributed by atoms with Crippen molar-refractivity contribution < 1.29 is 4.39 Å². The van der Waals surface area contributed by atoms with Crippen LogP contribution in [0.3, 0.4) is 0 Å². The summed E-state index contributed by atoms with van der Waals surface area (Å²) in [6.45, 7) is 1.66. The van der Waals surface area contributed by atoms with Gasteiger partial charge >= 0.3 is 0 Å². The maximum Gasteiger partial charge on any atom is 0.147 e. The molecule has 0 fully saturated rings. The van der Waals surface area contributed by atoms with Crippen molar-refractivity contribution >= 4 is 22.5 Å². The molecule has 1 heterocycles. The zero-order chi connectivity index (χ0) is 11.0. The molecule has 4 heteroatoms. The summed E-state index contributed by atoms with van der Waals surface area (Å²) in [5.41, 5.74) is 1.23. The fourth-order valence-corrected chi connectivity index (χ4v) is 1.82. The predicted molar refractivity (Wildman–Crippen MR) is 56.2 cm³/mol. The molecule has 15 heavy (non-hydrogen) atoms. The number of pyridine rings is 1. The van der Waals surface area contributed by atoms with Crippen LogP contribution in [-0.2, 0) is 0 Å². The van der Waals surface area contributed by atoms with Gasteiger partial charge in [0.05, 0.1) is 11.1 Å². The van der Waals surface area contributed by atoms with Gasteiger partial charge in [0.2, 0.25) is 0 Å². The number of benzene rings is 1. The van der Waals surface area contributed by atoms with Crippen molar-refractivity contribution in [1.29, 1.82) is 5.26 Å². The number of aromatic nitrogens is 1. The molecule has 0 saturated heterocycles. The van der Waals surface area contributed by atoms with Crippen LogP contribution in [0.4, 0.5) is 4.39 Å². The molecular formula is C11H6ClFN2. The van der Waals surface area contributed by atoms with Gasteiger partial charge in [0, 0.05) is 5.39 Å². The molecular weight excluding hydrogens is 215 g/mol. The zero-order valence-corrected chi connectivity index (χ0v) is 8.64. The largest absolute Gasteiger partial charge is 0.235 e. The Bertz CT molecular complexity index is 587. The van der Waals surface area contributed by atoms with Gasteiger partial charge in [-0.1, -0.05) is 17.7 Å². The third-order valence-corrected chi connectivity index (χ3v) is 2.55. The third kappa shape index (κ3) is 1.43. The fraction of sp³-hybridized carbons (Fsp3) is 0.0909. The molecule has 1 aromatic carbocycles. The first-order valence-corrected chi connectivity index (χ1v) is 4.67. The van der Waals surface area contributed by atoms with Crippen LogP contribution in [0.1, 0.15) is 11.1 Å². The van der Waals surface area contributed by atoms with Crippen LogP contribution in [0.5, 0.6) is 0 Å². The van der Waals surface area contributed by atoms with Gasteiger partial charge in [-0.15, -0.1) is 0 Å². The van der Waals surface area contributed by atoms with Gasteiger partial charge in [-0.05, 0) is 24.6 Å². The topological polar surface area (TPSA) is 36.7 Å². The number of nitrogens with zero attached hydrogens (tertiary/aromatic N) is 2. The van der Waals surface area contributed by atoms with Crippen molar-refractivity contribution in [3.63, 3.8) is 0 Å². The molecule has 0 bridgehead atoms. The van der Waals surface area contributed by atoms with Crippen LogP contribution in [-0.4, -0.2) is 4.98 Å². The lowest BCUT2D eigenvalue weighted by Crippen LogP contribution is -1.93. The first-order valence-electron chi connectivity index (χ1n) is 4.29. The zero-order valence-electron chi connectivity index (χ0n) is 7.88. The Kier molecular flexibility index (Phi) is 2.29. The lowest BCUT2D eigenvalue weighted by Gasteiger charge is -2.05. The molecule has 2 aromatic rings. The Morgan fingerprint density at radius 3 is 2.87 bits per heavy atom. The summed E-state index contributed by atoms with van der Waals surface area (Å²) in [4.78, 5) is 3.97. The minimum atomic E-state index is -0.384. The normalized spacial score (nSPS) is 10.3. The van der Waals surface area contributed by atoms with Gasteiger partial charge in [0.15, 0.2) is 0 Å². The number of hydrogen-bond donors (Lipinski definition) is 0. The molecule has 0 aliphatic heterocycles. The molecule has 1 aromatic heterocycles. The van der Waals surface area contributed by atoms with Gasteiger partial charge in [0.1, 0.15) is 17.0 Å². The van der Waals surface area contributed by atoms with E-state index in [0.29, 0.717) is 16.5 Å². The Morgan fingerprint density at radius 1 is 1.47 bits per heavy atom. The molecule has 0 amide bonds. The first kappa shape index (κ1) is 9.88. The number of halogens is 2. The lowest BCUT2D eigenvalue weighted by atomic mass is 10.1. The van der Waals surface area contributed by atoms with Crippen molar-refractivity contribution in [3.8, 4) is 6.07 Å². The highest BCUT2D eigenvalue weighted by molar-refractivity contribution is 6.31. The van der Waals surface area contributed by atoms with E-state index in [-0.39, 0.29) is 16.5 Å². The molecule has 2 rings (SSSR count). The lowest BCUT2D eigenvalue weighted by molar-refractivity contribution is 0.639. The SMILES string of the molecule is Cc1c(C#N)c(Cl)nc2cccc(F)c12. The Balaban J connectivity index is 3.01. The summed E-state index contributed by atoms with van der Waals surface area (Å²) in [6, 6.07) is 6.49. The molecule has 0 saturated carbocycles. The maximum atomic E-state index is 13.5. The van der Waals surface area contributed by atoms with Crippen LogP contribution in [0.15, 0.2) is 18.2 Å². The summed E-state index contributed by atoms with van der Waals surface area (Å²) in [5, 5.41) is 9.33. The van der Waals surface area contributed by atoms with Crippen LogP contribution in [0.25, 0.3) is 10.9 Å². The van der Waals surface area contributed by atoms with E-state index in [0.717, 1.165) is 0 Å². The average Bonchev–Trinajstić information content (AvgIpc) is 2.17. The number of fused-ring (bicyclic) bond motifs is 1. The summed E-state index contributed by atoms with van der Waals surface area (Å²) in [6.07, 6.45) is 0. The molecule has 0 aliphatic rings. The molecule has 0 unspecified atom stereocenters. The first-order chi connectivity index (χ1) is 7.15. The van der Waals surface area contributed by atoms with E-state index in [1.807, 2.05) is 6.07 Å². The Morgan fingerprint density at radius 2 is 2.20 bits per heavy atom. The summed E-state index contributed by atoms with van der Waals surface area (Å²) < 4.78 is 13.5. The van der Waals surface area contributed by atoms with E-state index in [4.69, 9.17) is 16.9 Å². The minimum absolute atomic E-state index is 0.119.